The molecule has 0 saturated carbocycles. The Labute approximate surface area is 163 Å². The molecule has 1 aliphatic rings. The van der Waals surface area contributed by atoms with Crippen LogP contribution in [0.3, 0.4) is 0 Å². The number of carbonyl (C=O) groups excluding carboxylic acids is 2. The maximum absolute atomic E-state index is 12.7. The lowest BCUT2D eigenvalue weighted by Gasteiger charge is -2.05. The van der Waals surface area contributed by atoms with Crippen molar-refractivity contribution in [3.05, 3.63) is 61.5 Å². The third-order valence-electron chi connectivity index (χ3n) is 4.61. The average molecular weight is 403 g/mol. The lowest BCUT2D eigenvalue weighted by molar-refractivity contribution is 0.0479. The molecule has 2 aromatic heterocycles. The van der Waals surface area contributed by atoms with Gasteiger partial charge in [-0.15, -0.1) is 11.3 Å². The van der Waals surface area contributed by atoms with Crippen LogP contribution in [0.15, 0.2) is 29.1 Å². The molecule has 0 bridgehead atoms. The number of halogens is 1. The Morgan fingerprint density at radius 3 is 2.89 bits per heavy atom. The van der Waals surface area contributed by atoms with E-state index in [0.717, 1.165) is 30.0 Å². The van der Waals surface area contributed by atoms with Crippen molar-refractivity contribution < 1.29 is 14.3 Å². The van der Waals surface area contributed by atoms with Crippen LogP contribution in [-0.4, -0.2) is 27.9 Å². The van der Waals surface area contributed by atoms with Gasteiger partial charge in [0, 0.05) is 18.5 Å². The number of Topliss-reactive ketones (excluding diaryl/α,β-unsaturated/α-hetero) is 1. The molecule has 138 valence electrons. The average Bonchev–Trinajstić information content (AvgIpc) is 3.25. The Kier molecular flexibility index (Phi) is 4.57. The number of hydrogen-bond acceptors (Lipinski definition) is 6. The van der Waals surface area contributed by atoms with Crippen molar-refractivity contribution >= 4 is 44.9 Å². The first-order valence-electron chi connectivity index (χ1n) is 8.45. The molecule has 0 saturated heterocycles. The fourth-order valence-corrected chi connectivity index (χ4v) is 4.56. The minimum absolute atomic E-state index is 0.118. The Balaban J connectivity index is 1.59. The van der Waals surface area contributed by atoms with Gasteiger partial charge >= 0.3 is 5.97 Å². The number of ketones is 1. The number of aryl methyl sites for hydroxylation is 2. The molecule has 0 spiro atoms. The van der Waals surface area contributed by atoms with Gasteiger partial charge in [0.2, 0.25) is 5.78 Å². The van der Waals surface area contributed by atoms with Gasteiger partial charge in [-0.1, -0.05) is 23.7 Å². The normalized spacial score (nSPS) is 13.0. The number of hydrogen-bond donors (Lipinski definition) is 0. The van der Waals surface area contributed by atoms with E-state index in [2.05, 4.69) is 4.98 Å². The monoisotopic (exact) mass is 402 g/mol. The third-order valence-corrected chi connectivity index (χ3v) is 6.10. The van der Waals surface area contributed by atoms with Gasteiger partial charge in [0.25, 0.3) is 5.56 Å². The van der Waals surface area contributed by atoms with Crippen molar-refractivity contribution in [3.63, 3.8) is 0 Å². The molecule has 27 heavy (non-hydrogen) atoms. The van der Waals surface area contributed by atoms with E-state index in [0.29, 0.717) is 37.8 Å². The van der Waals surface area contributed by atoms with Crippen molar-refractivity contribution in [1.82, 2.24) is 9.55 Å². The van der Waals surface area contributed by atoms with Gasteiger partial charge in [-0.2, -0.15) is 0 Å². The highest BCUT2D eigenvalue weighted by Gasteiger charge is 2.24. The van der Waals surface area contributed by atoms with Gasteiger partial charge in [0.05, 0.1) is 10.4 Å². The molecule has 0 fully saturated rings. The number of aromatic nitrogens is 2. The van der Waals surface area contributed by atoms with Gasteiger partial charge in [-0.25, -0.2) is 9.78 Å². The molecule has 3 heterocycles. The van der Waals surface area contributed by atoms with Gasteiger partial charge in [-0.3, -0.25) is 14.2 Å². The molecule has 0 radical (unpaired) electrons. The zero-order valence-corrected chi connectivity index (χ0v) is 16.0. The SMILES string of the molecule is Cc1c(C(=O)OCC(=O)c2ccccc2Cl)sc2nc3n(c(=O)c12)CCC3. The van der Waals surface area contributed by atoms with E-state index in [4.69, 9.17) is 16.3 Å². The van der Waals surface area contributed by atoms with E-state index in [9.17, 15) is 14.4 Å². The number of nitrogens with zero attached hydrogens (tertiary/aromatic N) is 2. The second-order valence-corrected chi connectivity index (χ2v) is 7.71. The third kappa shape index (κ3) is 3.07. The summed E-state index contributed by atoms with van der Waals surface area (Å²) in [5.41, 5.74) is 0.730. The maximum Gasteiger partial charge on any atom is 0.349 e. The maximum atomic E-state index is 12.7. The highest BCUT2D eigenvalue weighted by Crippen LogP contribution is 2.29. The summed E-state index contributed by atoms with van der Waals surface area (Å²) in [5, 5.41) is 0.762. The molecular formula is C19H15ClN2O4S. The van der Waals surface area contributed by atoms with Gasteiger partial charge < -0.3 is 4.74 Å². The first-order chi connectivity index (χ1) is 13.0. The van der Waals surface area contributed by atoms with E-state index < -0.39 is 12.6 Å². The highest BCUT2D eigenvalue weighted by atomic mass is 35.5. The molecule has 0 unspecified atom stereocenters. The van der Waals surface area contributed by atoms with E-state index in [-0.39, 0.29) is 11.3 Å². The fraction of sp³-hybridized carbons (Fsp3) is 0.263. The first-order valence-corrected chi connectivity index (χ1v) is 9.64. The van der Waals surface area contributed by atoms with Gasteiger partial charge in [-0.05, 0) is 31.0 Å². The molecule has 8 heteroatoms. The molecule has 1 aromatic carbocycles. The number of benzene rings is 1. The zero-order valence-electron chi connectivity index (χ0n) is 14.5. The summed E-state index contributed by atoms with van der Waals surface area (Å²) >= 11 is 7.12. The lowest BCUT2D eigenvalue weighted by Crippen LogP contribution is -2.20. The van der Waals surface area contributed by atoms with E-state index in [1.165, 1.54) is 0 Å². The van der Waals surface area contributed by atoms with Crippen LogP contribution in [0, 0.1) is 6.92 Å². The Morgan fingerprint density at radius 1 is 1.33 bits per heavy atom. The first kappa shape index (κ1) is 17.9. The number of fused-ring (bicyclic) bond motifs is 2. The molecule has 0 amide bonds. The van der Waals surface area contributed by atoms with Crippen LogP contribution in [0.5, 0.6) is 0 Å². The second-order valence-electron chi connectivity index (χ2n) is 6.30. The number of rotatable bonds is 4. The highest BCUT2D eigenvalue weighted by molar-refractivity contribution is 7.20. The number of ether oxygens (including phenoxy) is 1. The predicted octanol–water partition coefficient (Wildman–Crippen LogP) is 3.41. The van der Waals surface area contributed by atoms with E-state index >= 15 is 0 Å². The number of thiophene rings is 1. The molecule has 3 aromatic rings. The standard InChI is InChI=1S/C19H15ClN2O4S/c1-10-15-17(21-14-7-4-8-22(14)18(15)24)27-16(10)19(25)26-9-13(23)11-5-2-3-6-12(11)20/h2-3,5-6H,4,7-9H2,1H3. The molecule has 4 rings (SSSR count). The Hall–Kier alpha value is -2.51. The van der Waals surface area contributed by atoms with Crippen molar-refractivity contribution in [2.75, 3.05) is 6.61 Å². The topological polar surface area (TPSA) is 78.3 Å². The number of carbonyl (C=O) groups is 2. The molecular weight excluding hydrogens is 388 g/mol. The Bertz CT molecular complexity index is 1150. The van der Waals surface area contributed by atoms with E-state index in [1.54, 1.807) is 35.8 Å². The minimum Gasteiger partial charge on any atom is -0.453 e. The summed E-state index contributed by atoms with van der Waals surface area (Å²) in [7, 11) is 0. The molecule has 0 N–H and O–H groups in total. The number of esters is 1. The largest absolute Gasteiger partial charge is 0.453 e. The summed E-state index contributed by atoms with van der Waals surface area (Å²) in [6.07, 6.45) is 1.66. The summed E-state index contributed by atoms with van der Waals surface area (Å²) in [5.74, 6) is -0.270. The van der Waals surface area contributed by atoms with Crippen LogP contribution < -0.4 is 5.56 Å². The zero-order chi connectivity index (χ0) is 19.1. The quantitative estimate of drug-likeness (QED) is 0.493. The molecule has 0 atom stereocenters. The minimum atomic E-state index is -0.638. The summed E-state index contributed by atoms with van der Waals surface area (Å²) in [6, 6.07) is 6.59. The van der Waals surface area contributed by atoms with Crippen LogP contribution >= 0.6 is 22.9 Å². The van der Waals surface area contributed by atoms with Crippen LogP contribution in [0.1, 0.15) is 37.8 Å². The summed E-state index contributed by atoms with van der Waals surface area (Å²) in [4.78, 5) is 42.7. The van der Waals surface area contributed by atoms with Crippen LogP contribution in [0.25, 0.3) is 10.2 Å². The summed E-state index contributed by atoms with van der Waals surface area (Å²) in [6.45, 7) is 1.94. The smallest absolute Gasteiger partial charge is 0.349 e. The van der Waals surface area contributed by atoms with Crippen molar-refractivity contribution in [1.29, 1.82) is 0 Å². The van der Waals surface area contributed by atoms with E-state index in [1.807, 2.05) is 0 Å². The van der Waals surface area contributed by atoms with Crippen LogP contribution in [0.2, 0.25) is 5.02 Å². The Morgan fingerprint density at radius 2 is 2.11 bits per heavy atom. The molecule has 0 aliphatic carbocycles. The fourth-order valence-electron chi connectivity index (χ4n) is 3.23. The van der Waals surface area contributed by atoms with Crippen molar-refractivity contribution in [3.8, 4) is 0 Å². The van der Waals surface area contributed by atoms with Crippen LogP contribution in [0.4, 0.5) is 0 Å². The van der Waals surface area contributed by atoms with Gasteiger partial charge in [0.1, 0.15) is 15.5 Å². The van der Waals surface area contributed by atoms with Crippen molar-refractivity contribution in [2.45, 2.75) is 26.3 Å². The van der Waals surface area contributed by atoms with Crippen LogP contribution in [-0.2, 0) is 17.7 Å². The lowest BCUT2D eigenvalue weighted by atomic mass is 10.1. The summed E-state index contributed by atoms with van der Waals surface area (Å²) < 4.78 is 6.84. The second kappa shape index (κ2) is 6.90. The predicted molar refractivity (Wildman–Crippen MR) is 103 cm³/mol. The van der Waals surface area contributed by atoms with Gasteiger partial charge in [0.15, 0.2) is 6.61 Å². The van der Waals surface area contributed by atoms with Crippen molar-refractivity contribution in [2.24, 2.45) is 0 Å². The molecule has 1 aliphatic heterocycles. The molecule has 6 nitrogen and oxygen atoms in total.